The SMILES string of the molecule is CCc1ccc(CCCc2nc(Cc3ccc4[nH]c5ccccc5c4c3)nc(N3CCOCC3)n2)nc1. The zero-order chi connectivity index (χ0) is 25.0. The number of aromatic nitrogens is 5. The molecule has 1 fully saturated rings. The number of fused-ring (bicyclic) bond motifs is 3. The maximum absolute atomic E-state index is 5.55. The second-order valence-electron chi connectivity index (χ2n) is 9.66. The fraction of sp³-hybridized carbons (Fsp3) is 0.333. The standard InChI is InChI=1S/C30H32N6O/c1-2-21-10-12-23(31-20-21)6-5-9-28-33-29(35-30(34-28)36-14-16-37-17-15-36)19-22-11-13-27-25(18-22)24-7-3-4-8-26(24)32-27/h3-4,7-8,10-13,18,20,32H,2,5-6,9,14-17,19H2,1H3. The Labute approximate surface area is 217 Å². The Balaban J connectivity index is 1.24. The second-order valence-corrected chi connectivity index (χ2v) is 9.66. The van der Waals surface area contributed by atoms with Crippen LogP contribution in [0.4, 0.5) is 5.95 Å². The van der Waals surface area contributed by atoms with Crippen LogP contribution in [-0.2, 0) is 30.4 Å². The van der Waals surface area contributed by atoms with Crippen LogP contribution in [0.5, 0.6) is 0 Å². The van der Waals surface area contributed by atoms with Crippen LogP contribution in [0.25, 0.3) is 21.8 Å². The number of nitrogens with one attached hydrogen (secondary N) is 1. The topological polar surface area (TPSA) is 79.8 Å². The summed E-state index contributed by atoms with van der Waals surface area (Å²) in [6.45, 7) is 5.16. The summed E-state index contributed by atoms with van der Waals surface area (Å²) < 4.78 is 5.55. The Hall–Kier alpha value is -3.84. The number of benzene rings is 2. The van der Waals surface area contributed by atoms with Crippen molar-refractivity contribution in [3.8, 4) is 0 Å². The first kappa shape index (κ1) is 23.6. The molecule has 0 radical (unpaired) electrons. The van der Waals surface area contributed by atoms with Crippen LogP contribution in [0.3, 0.4) is 0 Å². The van der Waals surface area contributed by atoms with Gasteiger partial charge in [-0.25, -0.2) is 4.98 Å². The van der Waals surface area contributed by atoms with Crippen LogP contribution in [0, 0.1) is 0 Å². The molecule has 1 aliphatic heterocycles. The molecule has 0 saturated carbocycles. The van der Waals surface area contributed by atoms with Crippen molar-refractivity contribution in [3.63, 3.8) is 0 Å². The number of ether oxygens (including phenoxy) is 1. The van der Waals surface area contributed by atoms with E-state index in [4.69, 9.17) is 19.7 Å². The van der Waals surface area contributed by atoms with Crippen LogP contribution >= 0.6 is 0 Å². The molecule has 5 aromatic rings. The van der Waals surface area contributed by atoms with Crippen molar-refractivity contribution in [1.82, 2.24) is 24.9 Å². The van der Waals surface area contributed by atoms with Crippen molar-refractivity contribution in [2.45, 2.75) is 39.0 Å². The van der Waals surface area contributed by atoms with Crippen molar-refractivity contribution in [2.75, 3.05) is 31.2 Å². The Morgan fingerprint density at radius 3 is 2.49 bits per heavy atom. The fourth-order valence-electron chi connectivity index (χ4n) is 4.98. The number of pyridine rings is 1. The molecule has 0 amide bonds. The highest BCUT2D eigenvalue weighted by atomic mass is 16.5. The summed E-state index contributed by atoms with van der Waals surface area (Å²) in [5.41, 5.74) is 5.89. The molecule has 7 nitrogen and oxygen atoms in total. The van der Waals surface area contributed by atoms with E-state index >= 15 is 0 Å². The van der Waals surface area contributed by atoms with Gasteiger partial charge in [0.25, 0.3) is 0 Å². The maximum atomic E-state index is 5.55. The molecule has 37 heavy (non-hydrogen) atoms. The van der Waals surface area contributed by atoms with E-state index < -0.39 is 0 Å². The number of H-pyrrole nitrogens is 1. The van der Waals surface area contributed by atoms with Crippen molar-refractivity contribution < 1.29 is 4.74 Å². The van der Waals surface area contributed by atoms with Crippen molar-refractivity contribution >= 4 is 27.8 Å². The number of rotatable bonds is 8. The molecule has 0 unspecified atom stereocenters. The van der Waals surface area contributed by atoms with Gasteiger partial charge in [0.1, 0.15) is 11.6 Å². The molecule has 188 valence electrons. The van der Waals surface area contributed by atoms with E-state index in [0.29, 0.717) is 19.6 Å². The van der Waals surface area contributed by atoms with Gasteiger partial charge in [-0.3, -0.25) is 4.98 Å². The fourth-order valence-corrected chi connectivity index (χ4v) is 4.98. The van der Waals surface area contributed by atoms with Gasteiger partial charge in [0.05, 0.1) is 13.2 Å². The average Bonchev–Trinajstić information content (AvgIpc) is 3.32. The van der Waals surface area contributed by atoms with Crippen molar-refractivity contribution in [3.05, 3.63) is 89.3 Å². The second kappa shape index (κ2) is 10.6. The van der Waals surface area contributed by atoms with Crippen LogP contribution in [0.2, 0.25) is 0 Å². The lowest BCUT2D eigenvalue weighted by Gasteiger charge is -2.27. The molecule has 1 saturated heterocycles. The van der Waals surface area contributed by atoms with E-state index in [2.05, 4.69) is 76.4 Å². The quantitative estimate of drug-likeness (QED) is 0.326. The smallest absolute Gasteiger partial charge is 0.229 e. The predicted octanol–water partition coefficient (Wildman–Crippen LogP) is 5.07. The molecule has 2 aromatic carbocycles. The van der Waals surface area contributed by atoms with Gasteiger partial charge in [0, 0.05) is 59.6 Å². The third-order valence-corrected chi connectivity index (χ3v) is 7.07. The summed E-state index contributed by atoms with van der Waals surface area (Å²) in [5, 5.41) is 2.47. The van der Waals surface area contributed by atoms with E-state index in [1.165, 1.54) is 21.9 Å². The van der Waals surface area contributed by atoms with E-state index in [0.717, 1.165) is 73.1 Å². The minimum absolute atomic E-state index is 0.669. The van der Waals surface area contributed by atoms with Gasteiger partial charge in [-0.05, 0) is 54.7 Å². The third-order valence-electron chi connectivity index (χ3n) is 7.07. The average molecular weight is 493 g/mol. The number of morpholine rings is 1. The Morgan fingerprint density at radius 2 is 1.65 bits per heavy atom. The molecule has 1 N–H and O–H groups in total. The summed E-state index contributed by atoms with van der Waals surface area (Å²) >= 11 is 0. The molecule has 4 heterocycles. The van der Waals surface area contributed by atoms with Crippen molar-refractivity contribution in [2.24, 2.45) is 0 Å². The van der Waals surface area contributed by atoms with E-state index in [1.54, 1.807) is 0 Å². The van der Waals surface area contributed by atoms with Gasteiger partial charge in [-0.15, -0.1) is 0 Å². The molecular formula is C30H32N6O. The van der Waals surface area contributed by atoms with E-state index in [9.17, 15) is 0 Å². The lowest BCUT2D eigenvalue weighted by Crippen LogP contribution is -2.37. The molecule has 7 heteroatoms. The first-order valence-electron chi connectivity index (χ1n) is 13.2. The van der Waals surface area contributed by atoms with Gasteiger partial charge in [0.2, 0.25) is 5.95 Å². The molecule has 0 bridgehead atoms. The van der Waals surface area contributed by atoms with Gasteiger partial charge in [0.15, 0.2) is 0 Å². The number of hydrogen-bond acceptors (Lipinski definition) is 6. The molecule has 0 aliphatic carbocycles. The Kier molecular flexibility index (Phi) is 6.78. The zero-order valence-corrected chi connectivity index (χ0v) is 21.3. The normalized spacial score (nSPS) is 14.0. The number of nitrogens with zero attached hydrogens (tertiary/aromatic N) is 5. The summed E-state index contributed by atoms with van der Waals surface area (Å²) in [5.74, 6) is 2.43. The molecule has 1 aliphatic rings. The highest BCUT2D eigenvalue weighted by Crippen LogP contribution is 2.26. The van der Waals surface area contributed by atoms with Gasteiger partial charge in [-0.1, -0.05) is 37.3 Å². The van der Waals surface area contributed by atoms with Gasteiger partial charge >= 0.3 is 0 Å². The van der Waals surface area contributed by atoms with Crippen molar-refractivity contribution in [1.29, 1.82) is 0 Å². The first-order valence-corrected chi connectivity index (χ1v) is 13.2. The van der Waals surface area contributed by atoms with Crippen LogP contribution in [-0.4, -0.2) is 51.2 Å². The maximum Gasteiger partial charge on any atom is 0.229 e. The minimum Gasteiger partial charge on any atom is -0.378 e. The molecule has 3 aromatic heterocycles. The summed E-state index contributed by atoms with van der Waals surface area (Å²) in [4.78, 5) is 25.0. The van der Waals surface area contributed by atoms with E-state index in [1.807, 2.05) is 6.20 Å². The monoisotopic (exact) mass is 492 g/mol. The number of aryl methyl sites for hydroxylation is 3. The highest BCUT2D eigenvalue weighted by Gasteiger charge is 2.17. The van der Waals surface area contributed by atoms with Gasteiger partial charge in [-0.2, -0.15) is 9.97 Å². The molecular weight excluding hydrogens is 460 g/mol. The number of hydrogen-bond donors (Lipinski definition) is 1. The lowest BCUT2D eigenvalue weighted by atomic mass is 10.1. The molecule has 6 rings (SSSR count). The van der Waals surface area contributed by atoms with Gasteiger partial charge < -0.3 is 14.6 Å². The first-order chi connectivity index (χ1) is 18.2. The van der Waals surface area contributed by atoms with Crippen LogP contribution in [0.15, 0.2) is 60.8 Å². The Morgan fingerprint density at radius 1 is 0.838 bits per heavy atom. The third kappa shape index (κ3) is 5.32. The number of anilines is 1. The van der Waals surface area contributed by atoms with E-state index in [-0.39, 0.29) is 0 Å². The number of aromatic amines is 1. The Bertz CT molecular complexity index is 1500. The summed E-state index contributed by atoms with van der Waals surface area (Å²) in [7, 11) is 0. The lowest BCUT2D eigenvalue weighted by molar-refractivity contribution is 0.122. The largest absolute Gasteiger partial charge is 0.378 e. The molecule has 0 spiro atoms. The predicted molar refractivity (Wildman–Crippen MR) is 147 cm³/mol. The van der Waals surface area contributed by atoms with Crippen LogP contribution < -0.4 is 4.90 Å². The van der Waals surface area contributed by atoms with Crippen LogP contribution in [0.1, 0.15) is 41.8 Å². The zero-order valence-electron chi connectivity index (χ0n) is 21.3. The highest BCUT2D eigenvalue weighted by molar-refractivity contribution is 6.07. The summed E-state index contributed by atoms with van der Waals surface area (Å²) in [6.07, 6.45) is 6.32. The summed E-state index contributed by atoms with van der Waals surface area (Å²) in [6, 6.07) is 19.3. The minimum atomic E-state index is 0.669. The number of para-hydroxylation sites is 1. The molecule has 0 atom stereocenters.